The van der Waals surface area contributed by atoms with Crippen molar-refractivity contribution in [3.8, 4) is 11.5 Å². The molecule has 4 N–H and O–H groups in total. The van der Waals surface area contributed by atoms with Crippen molar-refractivity contribution < 1.29 is 19.8 Å². The van der Waals surface area contributed by atoms with Gasteiger partial charge in [0.05, 0.1) is 5.56 Å². The van der Waals surface area contributed by atoms with Gasteiger partial charge in [-0.3, -0.25) is 20.4 Å². The first-order valence-corrected chi connectivity index (χ1v) is 4.65. The van der Waals surface area contributed by atoms with Crippen LogP contribution in [0.3, 0.4) is 0 Å². The molecule has 0 aliphatic rings. The number of carbonyl (C=O) groups excluding carboxylic acids is 2. The van der Waals surface area contributed by atoms with Crippen LogP contribution < -0.4 is 10.9 Å². The van der Waals surface area contributed by atoms with Crippen LogP contribution in [0.25, 0.3) is 0 Å². The SMILES string of the molecule is CCC(=O)NNC(=O)c1ccc(O)cc1O. The Bertz CT molecular complexity index is 417. The van der Waals surface area contributed by atoms with Gasteiger partial charge in [0, 0.05) is 12.5 Å². The average Bonchev–Trinajstić information content (AvgIpc) is 2.25. The molecule has 1 aromatic carbocycles. The zero-order valence-corrected chi connectivity index (χ0v) is 8.65. The largest absolute Gasteiger partial charge is 0.508 e. The number of hydrogen-bond acceptors (Lipinski definition) is 4. The number of nitrogens with one attached hydrogen (secondary N) is 2. The molecular formula is C10H12N2O4. The number of hydrazine groups is 1. The van der Waals surface area contributed by atoms with Crippen molar-refractivity contribution >= 4 is 11.8 Å². The Balaban J connectivity index is 2.70. The van der Waals surface area contributed by atoms with E-state index in [0.717, 1.165) is 6.07 Å². The predicted octanol–water partition coefficient (Wildman–Crippen LogP) is 0.269. The fraction of sp³-hybridized carbons (Fsp3) is 0.200. The lowest BCUT2D eigenvalue weighted by Crippen LogP contribution is -2.41. The van der Waals surface area contributed by atoms with Gasteiger partial charge < -0.3 is 10.2 Å². The number of phenolic OH excluding ortho intramolecular Hbond substituents is 2. The summed E-state index contributed by atoms with van der Waals surface area (Å²) in [7, 11) is 0. The van der Waals surface area contributed by atoms with Crippen LogP contribution in [0.4, 0.5) is 0 Å². The molecule has 0 spiro atoms. The third-order valence-electron chi connectivity index (χ3n) is 1.86. The van der Waals surface area contributed by atoms with E-state index < -0.39 is 5.91 Å². The molecule has 0 radical (unpaired) electrons. The highest BCUT2D eigenvalue weighted by atomic mass is 16.3. The number of aromatic hydroxyl groups is 2. The topological polar surface area (TPSA) is 98.7 Å². The maximum Gasteiger partial charge on any atom is 0.273 e. The van der Waals surface area contributed by atoms with Crippen molar-refractivity contribution in [2.75, 3.05) is 0 Å². The third kappa shape index (κ3) is 2.88. The monoisotopic (exact) mass is 224 g/mol. The van der Waals surface area contributed by atoms with Gasteiger partial charge in [-0.2, -0.15) is 0 Å². The van der Waals surface area contributed by atoms with Crippen molar-refractivity contribution in [2.45, 2.75) is 13.3 Å². The van der Waals surface area contributed by atoms with E-state index in [0.29, 0.717) is 0 Å². The molecule has 0 aromatic heterocycles. The number of rotatable bonds is 2. The molecule has 0 aliphatic heterocycles. The maximum absolute atomic E-state index is 11.4. The molecule has 16 heavy (non-hydrogen) atoms. The Morgan fingerprint density at radius 1 is 1.25 bits per heavy atom. The van der Waals surface area contributed by atoms with E-state index in [4.69, 9.17) is 5.11 Å². The van der Waals surface area contributed by atoms with Crippen molar-refractivity contribution in [3.63, 3.8) is 0 Å². The number of phenols is 2. The third-order valence-corrected chi connectivity index (χ3v) is 1.86. The summed E-state index contributed by atoms with van der Waals surface area (Å²) in [6, 6.07) is 3.55. The smallest absolute Gasteiger partial charge is 0.273 e. The van der Waals surface area contributed by atoms with Gasteiger partial charge in [-0.15, -0.1) is 0 Å². The second kappa shape index (κ2) is 5.01. The molecule has 2 amide bonds. The molecule has 0 aliphatic carbocycles. The molecule has 0 heterocycles. The Hall–Kier alpha value is -2.24. The van der Waals surface area contributed by atoms with E-state index in [1.165, 1.54) is 12.1 Å². The van der Waals surface area contributed by atoms with Gasteiger partial charge in [-0.1, -0.05) is 6.92 Å². The quantitative estimate of drug-likeness (QED) is 0.542. The first-order chi connectivity index (χ1) is 7.54. The van der Waals surface area contributed by atoms with Gasteiger partial charge in [0.2, 0.25) is 5.91 Å². The minimum absolute atomic E-state index is 0.0331. The van der Waals surface area contributed by atoms with E-state index in [9.17, 15) is 14.7 Å². The van der Waals surface area contributed by atoms with Crippen LogP contribution in [0.5, 0.6) is 11.5 Å². The minimum atomic E-state index is -0.653. The lowest BCUT2D eigenvalue weighted by Gasteiger charge is -2.07. The molecule has 1 aromatic rings. The average molecular weight is 224 g/mol. The van der Waals surface area contributed by atoms with Crippen molar-refractivity contribution in [1.29, 1.82) is 0 Å². The summed E-state index contributed by atoms with van der Waals surface area (Å²) in [6.45, 7) is 1.64. The van der Waals surface area contributed by atoms with E-state index in [1.807, 2.05) is 0 Å². The summed E-state index contributed by atoms with van der Waals surface area (Å²) >= 11 is 0. The van der Waals surface area contributed by atoms with Crippen molar-refractivity contribution in [1.82, 2.24) is 10.9 Å². The molecular weight excluding hydrogens is 212 g/mol. The molecule has 86 valence electrons. The van der Waals surface area contributed by atoms with Crippen LogP contribution in [-0.4, -0.2) is 22.0 Å². The Morgan fingerprint density at radius 3 is 2.50 bits per heavy atom. The first kappa shape index (κ1) is 11.8. The van der Waals surface area contributed by atoms with Crippen LogP contribution >= 0.6 is 0 Å². The minimum Gasteiger partial charge on any atom is -0.508 e. The molecule has 6 heteroatoms. The van der Waals surface area contributed by atoms with Gasteiger partial charge in [0.25, 0.3) is 5.91 Å². The zero-order valence-electron chi connectivity index (χ0n) is 8.65. The number of carbonyl (C=O) groups is 2. The summed E-state index contributed by atoms with van der Waals surface area (Å²) in [5.74, 6) is -1.50. The second-order valence-electron chi connectivity index (χ2n) is 3.06. The fourth-order valence-corrected chi connectivity index (χ4v) is 0.994. The maximum atomic E-state index is 11.4. The molecule has 0 unspecified atom stereocenters. The van der Waals surface area contributed by atoms with Crippen LogP contribution in [0, 0.1) is 0 Å². The normalized spacial score (nSPS) is 9.56. The fourth-order valence-electron chi connectivity index (χ4n) is 0.994. The molecule has 6 nitrogen and oxygen atoms in total. The zero-order chi connectivity index (χ0) is 12.1. The van der Waals surface area contributed by atoms with Gasteiger partial charge in [0.15, 0.2) is 0 Å². The number of hydrogen-bond donors (Lipinski definition) is 4. The molecule has 0 saturated heterocycles. The van der Waals surface area contributed by atoms with Crippen LogP contribution in [0.15, 0.2) is 18.2 Å². The molecule has 0 bridgehead atoms. The lowest BCUT2D eigenvalue weighted by molar-refractivity contribution is -0.121. The van der Waals surface area contributed by atoms with Gasteiger partial charge in [-0.05, 0) is 12.1 Å². The molecule has 1 rings (SSSR count). The van der Waals surface area contributed by atoms with Crippen LogP contribution in [-0.2, 0) is 4.79 Å². The van der Waals surface area contributed by atoms with Gasteiger partial charge in [0.1, 0.15) is 11.5 Å². The van der Waals surface area contributed by atoms with Gasteiger partial charge >= 0.3 is 0 Å². The Morgan fingerprint density at radius 2 is 1.94 bits per heavy atom. The Labute approximate surface area is 91.9 Å². The van der Waals surface area contributed by atoms with Crippen molar-refractivity contribution in [3.05, 3.63) is 23.8 Å². The predicted molar refractivity (Wildman–Crippen MR) is 55.7 cm³/mol. The highest BCUT2D eigenvalue weighted by Crippen LogP contribution is 2.21. The summed E-state index contributed by atoms with van der Waals surface area (Å²) < 4.78 is 0. The van der Waals surface area contributed by atoms with Crippen LogP contribution in [0.1, 0.15) is 23.7 Å². The highest BCUT2D eigenvalue weighted by Gasteiger charge is 2.11. The van der Waals surface area contributed by atoms with E-state index in [1.54, 1.807) is 6.92 Å². The molecule has 0 saturated carbocycles. The number of amides is 2. The standard InChI is InChI=1S/C10H12N2O4/c1-2-9(15)11-12-10(16)7-4-3-6(13)5-8(7)14/h3-5,13-14H,2H2,1H3,(H,11,15)(H,12,16). The summed E-state index contributed by atoms with van der Waals surface area (Å²) in [4.78, 5) is 22.3. The second-order valence-corrected chi connectivity index (χ2v) is 3.06. The Kier molecular flexibility index (Phi) is 3.71. The molecule has 0 atom stereocenters. The summed E-state index contributed by atoms with van der Waals surface area (Å²) in [6.07, 6.45) is 0.238. The van der Waals surface area contributed by atoms with Gasteiger partial charge in [-0.25, -0.2) is 0 Å². The van der Waals surface area contributed by atoms with Crippen molar-refractivity contribution in [2.24, 2.45) is 0 Å². The number of benzene rings is 1. The molecule has 0 fully saturated rings. The lowest BCUT2D eigenvalue weighted by atomic mass is 10.2. The summed E-state index contributed by atoms with van der Waals surface area (Å²) in [5.41, 5.74) is 4.26. The van der Waals surface area contributed by atoms with E-state index in [2.05, 4.69) is 10.9 Å². The van der Waals surface area contributed by atoms with Crippen LogP contribution in [0.2, 0.25) is 0 Å². The summed E-state index contributed by atoms with van der Waals surface area (Å²) in [5, 5.41) is 18.4. The van der Waals surface area contributed by atoms with E-state index >= 15 is 0 Å². The first-order valence-electron chi connectivity index (χ1n) is 4.65. The van der Waals surface area contributed by atoms with E-state index in [-0.39, 0.29) is 29.4 Å². The highest BCUT2D eigenvalue weighted by molar-refractivity contribution is 5.97.